The number of aryl methyl sites for hydroxylation is 1. The second-order valence-electron chi connectivity index (χ2n) is 7.48. The van der Waals surface area contributed by atoms with Gasteiger partial charge in [0, 0.05) is 38.6 Å². The summed E-state index contributed by atoms with van der Waals surface area (Å²) in [5, 5.41) is 10.5. The van der Waals surface area contributed by atoms with Crippen molar-refractivity contribution >= 4 is 34.8 Å². The predicted octanol–water partition coefficient (Wildman–Crippen LogP) is 3.22. The maximum absolute atomic E-state index is 12.4. The average Bonchev–Trinajstić information content (AvgIpc) is 3.22. The molecule has 0 bridgehead atoms. The van der Waals surface area contributed by atoms with E-state index in [1.807, 2.05) is 31.2 Å². The molecule has 10 heteroatoms. The zero-order valence-electron chi connectivity index (χ0n) is 18.6. The lowest BCUT2D eigenvalue weighted by Crippen LogP contribution is -2.33. The fraction of sp³-hybridized carbons (Fsp3) is 0.304. The molecule has 0 atom stereocenters. The number of amides is 2. The zero-order chi connectivity index (χ0) is 23.6. The summed E-state index contributed by atoms with van der Waals surface area (Å²) >= 11 is 6.02. The molecule has 1 aromatic carbocycles. The van der Waals surface area contributed by atoms with Gasteiger partial charge in [-0.25, -0.2) is 0 Å². The lowest BCUT2D eigenvalue weighted by atomic mass is 10.2. The van der Waals surface area contributed by atoms with Gasteiger partial charge in [0.2, 0.25) is 11.8 Å². The van der Waals surface area contributed by atoms with Gasteiger partial charge in [0.25, 0.3) is 0 Å². The number of hydrogen-bond donors (Lipinski definition) is 2. The van der Waals surface area contributed by atoms with Crippen LogP contribution in [0.3, 0.4) is 0 Å². The van der Waals surface area contributed by atoms with Crippen molar-refractivity contribution < 1.29 is 14.3 Å². The first-order valence-electron chi connectivity index (χ1n) is 10.5. The van der Waals surface area contributed by atoms with Crippen molar-refractivity contribution in [3.63, 3.8) is 0 Å². The smallest absolute Gasteiger partial charge is 0.244 e. The molecular formula is C23H27ClN6O3. The Balaban J connectivity index is 1.37. The van der Waals surface area contributed by atoms with E-state index in [0.29, 0.717) is 30.4 Å². The topological polar surface area (TPSA) is 101 Å². The summed E-state index contributed by atoms with van der Waals surface area (Å²) in [5.74, 6) is 0.485. The molecule has 0 saturated carbocycles. The molecular weight excluding hydrogens is 444 g/mol. The van der Waals surface area contributed by atoms with E-state index < -0.39 is 0 Å². The highest BCUT2D eigenvalue weighted by atomic mass is 35.5. The van der Waals surface area contributed by atoms with Crippen LogP contribution in [0.25, 0.3) is 0 Å². The highest BCUT2D eigenvalue weighted by molar-refractivity contribution is 6.33. The van der Waals surface area contributed by atoms with E-state index in [-0.39, 0.29) is 24.8 Å². The SMILES string of the molecule is Cc1ccc(OCCN(C)C(=O)Cn2cc(NC(=O)CCNc3ccncc3Cl)cn2)cc1. The van der Waals surface area contributed by atoms with Crippen molar-refractivity contribution in [2.24, 2.45) is 0 Å². The average molecular weight is 471 g/mol. The lowest BCUT2D eigenvalue weighted by Gasteiger charge is -2.17. The number of nitrogens with zero attached hydrogens (tertiary/aromatic N) is 4. The number of benzene rings is 1. The van der Waals surface area contributed by atoms with Crippen molar-refractivity contribution in [1.82, 2.24) is 19.7 Å². The molecule has 0 aliphatic rings. The second kappa shape index (κ2) is 11.9. The number of carbonyl (C=O) groups excluding carboxylic acids is 2. The number of hydrogen-bond acceptors (Lipinski definition) is 6. The highest BCUT2D eigenvalue weighted by Gasteiger charge is 2.12. The number of anilines is 2. The number of carbonyl (C=O) groups is 2. The third kappa shape index (κ3) is 7.80. The van der Waals surface area contributed by atoms with E-state index >= 15 is 0 Å². The van der Waals surface area contributed by atoms with Crippen LogP contribution in [-0.4, -0.2) is 58.2 Å². The standard InChI is InChI=1S/C23H27ClN6O3/c1-17-3-5-19(6-4-17)33-12-11-29(2)23(32)16-30-15-18(13-27-30)28-22(31)8-10-26-21-7-9-25-14-20(21)24/h3-7,9,13-15H,8,10-12,16H2,1-2H3,(H,25,26)(H,28,31). The Bertz CT molecular complexity index is 1070. The van der Waals surface area contributed by atoms with Crippen LogP contribution in [0.4, 0.5) is 11.4 Å². The molecule has 9 nitrogen and oxygen atoms in total. The van der Waals surface area contributed by atoms with Crippen molar-refractivity contribution in [3.05, 3.63) is 65.7 Å². The third-order valence-electron chi connectivity index (χ3n) is 4.80. The summed E-state index contributed by atoms with van der Waals surface area (Å²) in [6.45, 7) is 3.34. The van der Waals surface area contributed by atoms with Gasteiger partial charge >= 0.3 is 0 Å². The van der Waals surface area contributed by atoms with Crippen LogP contribution in [0.2, 0.25) is 5.02 Å². The van der Waals surface area contributed by atoms with E-state index in [9.17, 15) is 9.59 Å². The van der Waals surface area contributed by atoms with Gasteiger partial charge in [0.05, 0.1) is 29.1 Å². The number of likely N-dealkylation sites (N-methyl/N-ethyl adjacent to an activating group) is 1. The van der Waals surface area contributed by atoms with Gasteiger partial charge in [-0.05, 0) is 25.1 Å². The minimum absolute atomic E-state index is 0.0685. The summed E-state index contributed by atoms with van der Waals surface area (Å²) in [4.78, 5) is 30.1. The molecule has 0 radical (unpaired) electrons. The van der Waals surface area contributed by atoms with E-state index in [4.69, 9.17) is 16.3 Å². The monoisotopic (exact) mass is 470 g/mol. The largest absolute Gasteiger partial charge is 0.492 e. The van der Waals surface area contributed by atoms with E-state index in [2.05, 4.69) is 20.7 Å². The molecule has 3 rings (SSSR count). The molecule has 0 saturated heterocycles. The third-order valence-corrected chi connectivity index (χ3v) is 5.10. The zero-order valence-corrected chi connectivity index (χ0v) is 19.4. The molecule has 0 spiro atoms. The Morgan fingerprint density at radius 3 is 2.73 bits per heavy atom. The van der Waals surface area contributed by atoms with Crippen LogP contribution in [0, 0.1) is 6.92 Å². The fourth-order valence-electron chi connectivity index (χ4n) is 2.89. The maximum atomic E-state index is 12.4. The number of aromatic nitrogens is 3. The van der Waals surface area contributed by atoms with Gasteiger partial charge in [-0.2, -0.15) is 5.10 Å². The van der Waals surface area contributed by atoms with Gasteiger partial charge < -0.3 is 20.3 Å². The lowest BCUT2D eigenvalue weighted by molar-refractivity contribution is -0.131. The first-order chi connectivity index (χ1) is 15.9. The van der Waals surface area contributed by atoms with Crippen molar-refractivity contribution in [1.29, 1.82) is 0 Å². The molecule has 2 amide bonds. The van der Waals surface area contributed by atoms with Crippen LogP contribution in [-0.2, 0) is 16.1 Å². The Morgan fingerprint density at radius 1 is 1.18 bits per heavy atom. The van der Waals surface area contributed by atoms with Crippen molar-refractivity contribution in [2.75, 3.05) is 37.4 Å². The summed E-state index contributed by atoms with van der Waals surface area (Å²) in [7, 11) is 1.72. The van der Waals surface area contributed by atoms with Crippen LogP contribution < -0.4 is 15.4 Å². The predicted molar refractivity (Wildman–Crippen MR) is 128 cm³/mol. The van der Waals surface area contributed by atoms with Gasteiger partial charge in [0.1, 0.15) is 18.9 Å². The Labute approximate surface area is 197 Å². The number of ether oxygens (including phenoxy) is 1. The minimum Gasteiger partial charge on any atom is -0.492 e. The fourth-order valence-corrected chi connectivity index (χ4v) is 3.07. The quantitative estimate of drug-likeness (QED) is 0.446. The van der Waals surface area contributed by atoms with E-state index in [0.717, 1.165) is 17.0 Å². The summed E-state index contributed by atoms with van der Waals surface area (Å²) in [6, 6.07) is 9.51. The summed E-state index contributed by atoms with van der Waals surface area (Å²) in [5.41, 5.74) is 2.41. The van der Waals surface area contributed by atoms with Crippen LogP contribution >= 0.6 is 11.6 Å². The molecule has 0 aliphatic carbocycles. The molecule has 3 aromatic rings. The second-order valence-corrected chi connectivity index (χ2v) is 7.89. The molecule has 0 aliphatic heterocycles. The highest BCUT2D eigenvalue weighted by Crippen LogP contribution is 2.18. The first-order valence-corrected chi connectivity index (χ1v) is 10.9. The van der Waals surface area contributed by atoms with E-state index in [1.165, 1.54) is 17.1 Å². The first kappa shape index (κ1) is 24.1. The summed E-state index contributed by atoms with van der Waals surface area (Å²) < 4.78 is 7.16. The Morgan fingerprint density at radius 2 is 1.97 bits per heavy atom. The van der Waals surface area contributed by atoms with Gasteiger partial charge in [0.15, 0.2) is 0 Å². The normalized spacial score (nSPS) is 10.5. The Kier molecular flexibility index (Phi) is 8.65. The summed E-state index contributed by atoms with van der Waals surface area (Å²) in [6.07, 6.45) is 6.54. The molecule has 2 N–H and O–H groups in total. The molecule has 2 aromatic heterocycles. The van der Waals surface area contributed by atoms with Crippen LogP contribution in [0.15, 0.2) is 55.1 Å². The van der Waals surface area contributed by atoms with Gasteiger partial charge in [-0.15, -0.1) is 0 Å². The molecule has 0 fully saturated rings. The minimum atomic E-state index is -0.177. The van der Waals surface area contributed by atoms with Gasteiger partial charge in [-0.1, -0.05) is 29.3 Å². The number of halogens is 1. The molecule has 0 unspecified atom stereocenters. The van der Waals surface area contributed by atoms with Gasteiger partial charge in [-0.3, -0.25) is 19.3 Å². The van der Waals surface area contributed by atoms with E-state index in [1.54, 1.807) is 30.4 Å². The number of rotatable bonds is 11. The molecule has 2 heterocycles. The van der Waals surface area contributed by atoms with Crippen molar-refractivity contribution in [2.45, 2.75) is 19.9 Å². The number of nitrogens with one attached hydrogen (secondary N) is 2. The molecule has 174 valence electrons. The van der Waals surface area contributed by atoms with Crippen LogP contribution in [0.1, 0.15) is 12.0 Å². The van der Waals surface area contributed by atoms with Crippen molar-refractivity contribution in [3.8, 4) is 5.75 Å². The maximum Gasteiger partial charge on any atom is 0.244 e. The Hall–Kier alpha value is -3.59. The van der Waals surface area contributed by atoms with Crippen LogP contribution in [0.5, 0.6) is 5.75 Å². The number of pyridine rings is 1. The molecule has 33 heavy (non-hydrogen) atoms.